The molecule has 2 N–H and O–H groups in total. The highest BCUT2D eigenvalue weighted by Gasteiger charge is 2.30. The average Bonchev–Trinajstić information content (AvgIpc) is 2.85. The summed E-state index contributed by atoms with van der Waals surface area (Å²) in [4.78, 5) is 31.9. The van der Waals surface area contributed by atoms with Gasteiger partial charge in [0, 0.05) is 30.5 Å². The van der Waals surface area contributed by atoms with Crippen LogP contribution >= 0.6 is 0 Å². The number of carbonyl (C=O) groups is 2. The van der Waals surface area contributed by atoms with Gasteiger partial charge in [0.2, 0.25) is 5.91 Å². The number of piperidine rings is 1. The van der Waals surface area contributed by atoms with E-state index in [2.05, 4.69) is 15.0 Å². The largest absolute Gasteiger partial charge is 0.338 e. The number of pyridine rings is 1. The first kappa shape index (κ1) is 24.4. The molecule has 0 bridgehead atoms. The number of nitrogens with zero attached hydrogens (tertiary/aromatic N) is 2. The molecule has 1 atom stereocenters. The van der Waals surface area contributed by atoms with Gasteiger partial charge in [-0.15, -0.1) is 0 Å². The molecular weight excluding hydrogens is 464 g/mol. The third-order valence-electron chi connectivity index (χ3n) is 5.99. The number of amides is 2. The lowest BCUT2D eigenvalue weighted by Gasteiger charge is -2.32. The molecule has 35 heavy (non-hydrogen) atoms. The molecule has 0 aliphatic carbocycles. The number of benzene rings is 2. The summed E-state index contributed by atoms with van der Waals surface area (Å²) in [6.45, 7) is 4.51. The van der Waals surface area contributed by atoms with E-state index in [0.29, 0.717) is 30.9 Å². The first-order valence-corrected chi connectivity index (χ1v) is 12.9. The van der Waals surface area contributed by atoms with Crippen molar-refractivity contribution in [2.24, 2.45) is 5.92 Å². The zero-order valence-corrected chi connectivity index (χ0v) is 20.5. The Balaban J connectivity index is 1.47. The Hall–Kier alpha value is -3.72. The summed E-state index contributed by atoms with van der Waals surface area (Å²) in [5.41, 5.74) is 2.51. The third kappa shape index (κ3) is 5.86. The number of hydrogen-bond donors (Lipinski definition) is 2. The van der Waals surface area contributed by atoms with Crippen LogP contribution in [0.2, 0.25) is 0 Å². The SMILES string of the molecule is Cc1cccc(NS(=O)(=O)c2cccc(C(=O)N3CCCC(C(=O)Nc4ncccc4C)C3)c2)c1. The molecule has 1 aliphatic rings. The van der Waals surface area contributed by atoms with Crippen molar-refractivity contribution in [3.63, 3.8) is 0 Å². The van der Waals surface area contributed by atoms with Gasteiger partial charge in [-0.05, 0) is 74.2 Å². The van der Waals surface area contributed by atoms with Crippen molar-refractivity contribution in [2.45, 2.75) is 31.6 Å². The fourth-order valence-electron chi connectivity index (χ4n) is 4.11. The van der Waals surface area contributed by atoms with E-state index in [0.717, 1.165) is 11.1 Å². The normalized spacial score (nSPS) is 15.9. The van der Waals surface area contributed by atoms with Crippen LogP contribution in [0, 0.1) is 19.8 Å². The Morgan fingerprint density at radius 2 is 1.83 bits per heavy atom. The number of aromatic nitrogens is 1. The zero-order chi connectivity index (χ0) is 25.0. The lowest BCUT2D eigenvalue weighted by Crippen LogP contribution is -2.43. The minimum Gasteiger partial charge on any atom is -0.338 e. The predicted octanol–water partition coefficient (Wildman–Crippen LogP) is 3.99. The highest BCUT2D eigenvalue weighted by molar-refractivity contribution is 7.92. The van der Waals surface area contributed by atoms with Crippen LogP contribution in [0.15, 0.2) is 71.8 Å². The molecule has 0 radical (unpaired) electrons. The smallest absolute Gasteiger partial charge is 0.261 e. The molecule has 1 fully saturated rings. The van der Waals surface area contributed by atoms with Gasteiger partial charge in [-0.25, -0.2) is 13.4 Å². The topological polar surface area (TPSA) is 108 Å². The van der Waals surface area contributed by atoms with E-state index in [9.17, 15) is 18.0 Å². The number of sulfonamides is 1. The summed E-state index contributed by atoms with van der Waals surface area (Å²) >= 11 is 0. The van der Waals surface area contributed by atoms with Crippen molar-refractivity contribution in [3.8, 4) is 0 Å². The molecule has 8 nitrogen and oxygen atoms in total. The van der Waals surface area contributed by atoms with Crippen LogP contribution in [0.4, 0.5) is 11.5 Å². The molecular formula is C26H28N4O4S. The summed E-state index contributed by atoms with van der Waals surface area (Å²) in [5.74, 6) is -0.337. The van der Waals surface area contributed by atoms with Crippen molar-refractivity contribution in [3.05, 3.63) is 83.6 Å². The zero-order valence-electron chi connectivity index (χ0n) is 19.7. The van der Waals surface area contributed by atoms with E-state index < -0.39 is 10.0 Å². The number of aryl methyl sites for hydroxylation is 2. The molecule has 0 saturated carbocycles. The van der Waals surface area contributed by atoms with Gasteiger partial charge in [0.1, 0.15) is 5.82 Å². The van der Waals surface area contributed by atoms with Gasteiger partial charge in [-0.3, -0.25) is 14.3 Å². The Kier molecular flexibility index (Phi) is 7.16. The first-order chi connectivity index (χ1) is 16.7. The van der Waals surface area contributed by atoms with Crippen LogP contribution in [0.3, 0.4) is 0 Å². The monoisotopic (exact) mass is 492 g/mol. The number of nitrogens with one attached hydrogen (secondary N) is 2. The van der Waals surface area contributed by atoms with Gasteiger partial charge in [0.15, 0.2) is 0 Å². The highest BCUT2D eigenvalue weighted by atomic mass is 32.2. The molecule has 2 heterocycles. The molecule has 4 rings (SSSR count). The summed E-state index contributed by atoms with van der Waals surface area (Å²) < 4.78 is 28.4. The summed E-state index contributed by atoms with van der Waals surface area (Å²) in [6.07, 6.45) is 2.96. The molecule has 2 amide bonds. The number of carbonyl (C=O) groups excluding carboxylic acids is 2. The molecule has 9 heteroatoms. The Labute approximate surface area is 205 Å². The maximum Gasteiger partial charge on any atom is 0.261 e. The summed E-state index contributed by atoms with van der Waals surface area (Å²) in [7, 11) is -3.87. The fourth-order valence-corrected chi connectivity index (χ4v) is 5.21. The number of rotatable bonds is 6. The molecule has 2 aromatic carbocycles. The maximum atomic E-state index is 13.2. The Bertz CT molecular complexity index is 1360. The van der Waals surface area contributed by atoms with Crippen LogP contribution in [-0.2, 0) is 14.8 Å². The maximum absolute atomic E-state index is 13.2. The van der Waals surface area contributed by atoms with Crippen molar-refractivity contribution < 1.29 is 18.0 Å². The Morgan fingerprint density at radius 3 is 2.60 bits per heavy atom. The van der Waals surface area contributed by atoms with Gasteiger partial charge in [-0.1, -0.05) is 24.3 Å². The van der Waals surface area contributed by atoms with Crippen LogP contribution in [0.5, 0.6) is 0 Å². The Morgan fingerprint density at radius 1 is 1.03 bits per heavy atom. The summed E-state index contributed by atoms with van der Waals surface area (Å²) in [6, 6.07) is 16.7. The number of anilines is 2. The minimum absolute atomic E-state index is 0.00165. The highest BCUT2D eigenvalue weighted by Crippen LogP contribution is 2.23. The quantitative estimate of drug-likeness (QED) is 0.541. The molecule has 0 spiro atoms. The van der Waals surface area contributed by atoms with E-state index in [1.165, 1.54) is 12.1 Å². The first-order valence-electron chi connectivity index (χ1n) is 11.4. The fraction of sp³-hybridized carbons (Fsp3) is 0.269. The molecule has 1 aromatic heterocycles. The van der Waals surface area contributed by atoms with Crippen LogP contribution in [0.25, 0.3) is 0 Å². The van der Waals surface area contributed by atoms with Crippen molar-refractivity contribution >= 4 is 33.3 Å². The average molecular weight is 493 g/mol. The van der Waals surface area contributed by atoms with Gasteiger partial charge in [0.25, 0.3) is 15.9 Å². The second-order valence-electron chi connectivity index (χ2n) is 8.75. The van der Waals surface area contributed by atoms with E-state index in [1.54, 1.807) is 47.5 Å². The van der Waals surface area contributed by atoms with Crippen molar-refractivity contribution in [1.82, 2.24) is 9.88 Å². The molecule has 1 saturated heterocycles. The van der Waals surface area contributed by atoms with Crippen LogP contribution in [0.1, 0.15) is 34.3 Å². The molecule has 182 valence electrons. The molecule has 1 aliphatic heterocycles. The van der Waals surface area contributed by atoms with E-state index in [1.807, 2.05) is 26.0 Å². The van der Waals surface area contributed by atoms with E-state index >= 15 is 0 Å². The van der Waals surface area contributed by atoms with Crippen LogP contribution in [-0.4, -0.2) is 43.2 Å². The van der Waals surface area contributed by atoms with Crippen molar-refractivity contribution in [1.29, 1.82) is 0 Å². The van der Waals surface area contributed by atoms with Crippen molar-refractivity contribution in [2.75, 3.05) is 23.1 Å². The minimum atomic E-state index is -3.87. The standard InChI is InChI=1S/C26H28N4O4S/c1-18-7-3-11-22(15-18)29-35(33,34)23-12-4-9-20(16-23)26(32)30-14-6-10-21(17-30)25(31)28-24-19(2)8-5-13-27-24/h3-5,7-9,11-13,15-16,21,29H,6,10,14,17H2,1-2H3,(H,27,28,31). The lowest BCUT2D eigenvalue weighted by molar-refractivity contribution is -0.121. The van der Waals surface area contributed by atoms with Gasteiger partial charge in [-0.2, -0.15) is 0 Å². The molecule has 1 unspecified atom stereocenters. The second kappa shape index (κ2) is 10.3. The van der Waals surface area contributed by atoms with Gasteiger partial charge in [0.05, 0.1) is 10.8 Å². The van der Waals surface area contributed by atoms with Crippen LogP contribution < -0.4 is 10.0 Å². The van der Waals surface area contributed by atoms with E-state index in [-0.39, 0.29) is 34.7 Å². The van der Waals surface area contributed by atoms with E-state index in [4.69, 9.17) is 0 Å². The third-order valence-corrected chi connectivity index (χ3v) is 7.37. The number of hydrogen-bond acceptors (Lipinski definition) is 5. The van der Waals surface area contributed by atoms with Gasteiger partial charge < -0.3 is 10.2 Å². The predicted molar refractivity (Wildman–Crippen MR) is 135 cm³/mol. The second-order valence-corrected chi connectivity index (χ2v) is 10.4. The lowest BCUT2D eigenvalue weighted by atomic mass is 9.96. The summed E-state index contributed by atoms with van der Waals surface area (Å²) in [5, 5.41) is 2.86. The number of likely N-dealkylation sites (tertiary alicyclic amines) is 1. The van der Waals surface area contributed by atoms with Gasteiger partial charge >= 0.3 is 0 Å². The molecule has 3 aromatic rings.